The molecular formula is C22H21FN2O4. The largest absolute Gasteiger partial charge is 0.462 e. The van der Waals surface area contributed by atoms with E-state index in [1.54, 1.807) is 31.2 Å². The summed E-state index contributed by atoms with van der Waals surface area (Å²) in [6, 6.07) is 12.3. The molecule has 0 aliphatic heterocycles. The lowest BCUT2D eigenvalue weighted by molar-refractivity contribution is -0.384. The lowest BCUT2D eigenvalue weighted by Gasteiger charge is -2.10. The average Bonchev–Trinajstić information content (AvgIpc) is 2.94. The van der Waals surface area contributed by atoms with Crippen LogP contribution in [0.3, 0.4) is 0 Å². The Morgan fingerprint density at radius 1 is 1.07 bits per heavy atom. The van der Waals surface area contributed by atoms with Crippen molar-refractivity contribution in [1.82, 2.24) is 4.57 Å². The Bertz CT molecular complexity index is 1050. The molecule has 0 amide bonds. The third-order valence-electron chi connectivity index (χ3n) is 4.88. The second-order valence-electron chi connectivity index (χ2n) is 6.66. The highest BCUT2D eigenvalue weighted by Crippen LogP contribution is 2.34. The van der Waals surface area contributed by atoms with Gasteiger partial charge in [0.1, 0.15) is 5.82 Å². The molecule has 0 spiro atoms. The van der Waals surface area contributed by atoms with Crippen molar-refractivity contribution in [1.29, 1.82) is 0 Å². The standard InChI is InChI=1S/C22H21FN2O4/c1-4-29-22(26)21-15(3)24(13-16-5-9-18(23)10-6-16)14(2)20(21)17-7-11-19(12-8-17)25(27)28/h5-12H,4,13H2,1-3H3. The minimum Gasteiger partial charge on any atom is -0.462 e. The van der Waals surface area contributed by atoms with Crippen molar-refractivity contribution in [2.24, 2.45) is 0 Å². The molecule has 0 saturated carbocycles. The van der Waals surface area contributed by atoms with Crippen LogP contribution >= 0.6 is 0 Å². The maximum Gasteiger partial charge on any atom is 0.340 e. The first-order valence-corrected chi connectivity index (χ1v) is 9.19. The van der Waals surface area contributed by atoms with Gasteiger partial charge in [0.2, 0.25) is 0 Å². The van der Waals surface area contributed by atoms with E-state index in [-0.39, 0.29) is 18.1 Å². The number of aromatic nitrogens is 1. The Kier molecular flexibility index (Phi) is 5.77. The summed E-state index contributed by atoms with van der Waals surface area (Å²) in [5.41, 5.74) is 4.21. The summed E-state index contributed by atoms with van der Waals surface area (Å²) in [4.78, 5) is 23.2. The summed E-state index contributed by atoms with van der Waals surface area (Å²) < 4.78 is 20.5. The molecule has 1 heterocycles. The lowest BCUT2D eigenvalue weighted by Crippen LogP contribution is -2.09. The van der Waals surface area contributed by atoms with Crippen molar-refractivity contribution < 1.29 is 18.8 Å². The van der Waals surface area contributed by atoms with E-state index in [0.29, 0.717) is 23.2 Å². The van der Waals surface area contributed by atoms with E-state index in [2.05, 4.69) is 0 Å². The highest BCUT2D eigenvalue weighted by atomic mass is 19.1. The van der Waals surface area contributed by atoms with Gasteiger partial charge >= 0.3 is 5.97 Å². The SMILES string of the molecule is CCOC(=O)c1c(-c2ccc([N+](=O)[O-])cc2)c(C)n(Cc2ccc(F)cc2)c1C. The van der Waals surface area contributed by atoms with E-state index in [1.165, 1.54) is 24.3 Å². The van der Waals surface area contributed by atoms with Gasteiger partial charge in [-0.15, -0.1) is 0 Å². The lowest BCUT2D eigenvalue weighted by atomic mass is 10.0. The number of ether oxygens (including phenoxy) is 1. The normalized spacial score (nSPS) is 10.8. The maximum atomic E-state index is 13.2. The van der Waals surface area contributed by atoms with Gasteiger partial charge in [0.05, 0.1) is 17.1 Å². The molecule has 0 fully saturated rings. The van der Waals surface area contributed by atoms with Crippen LogP contribution in [0, 0.1) is 29.8 Å². The van der Waals surface area contributed by atoms with E-state index in [9.17, 15) is 19.3 Å². The number of nitro groups is 1. The fraction of sp³-hybridized carbons (Fsp3) is 0.227. The van der Waals surface area contributed by atoms with Crippen molar-refractivity contribution >= 4 is 11.7 Å². The van der Waals surface area contributed by atoms with Gasteiger partial charge in [-0.2, -0.15) is 0 Å². The second kappa shape index (κ2) is 8.26. The molecule has 0 atom stereocenters. The van der Waals surface area contributed by atoms with Crippen molar-refractivity contribution in [2.75, 3.05) is 6.61 Å². The molecule has 0 bridgehead atoms. The van der Waals surface area contributed by atoms with Crippen LogP contribution in [0.4, 0.5) is 10.1 Å². The molecule has 0 unspecified atom stereocenters. The van der Waals surface area contributed by atoms with E-state index in [4.69, 9.17) is 4.74 Å². The van der Waals surface area contributed by atoms with Gasteiger partial charge in [-0.3, -0.25) is 10.1 Å². The summed E-state index contributed by atoms with van der Waals surface area (Å²) in [6.45, 7) is 6.15. The van der Waals surface area contributed by atoms with Gasteiger partial charge in [0.25, 0.3) is 5.69 Å². The highest BCUT2D eigenvalue weighted by molar-refractivity contribution is 6.00. The van der Waals surface area contributed by atoms with Crippen LogP contribution in [0.2, 0.25) is 0 Å². The van der Waals surface area contributed by atoms with E-state index in [1.807, 2.05) is 18.4 Å². The third-order valence-corrected chi connectivity index (χ3v) is 4.88. The molecule has 150 valence electrons. The predicted molar refractivity (Wildman–Crippen MR) is 107 cm³/mol. The van der Waals surface area contributed by atoms with Gasteiger partial charge in [0.15, 0.2) is 0 Å². The van der Waals surface area contributed by atoms with Crippen molar-refractivity contribution in [3.63, 3.8) is 0 Å². The summed E-state index contributed by atoms with van der Waals surface area (Å²) >= 11 is 0. The zero-order valence-electron chi connectivity index (χ0n) is 16.4. The molecule has 1 aromatic heterocycles. The molecule has 0 radical (unpaired) electrons. The summed E-state index contributed by atoms with van der Waals surface area (Å²) in [7, 11) is 0. The Labute approximate surface area is 167 Å². The first-order valence-electron chi connectivity index (χ1n) is 9.19. The quantitative estimate of drug-likeness (QED) is 0.332. The first kappa shape index (κ1) is 20.3. The van der Waals surface area contributed by atoms with Crippen molar-refractivity contribution in [3.05, 3.63) is 87.0 Å². The van der Waals surface area contributed by atoms with Gasteiger partial charge in [-0.25, -0.2) is 9.18 Å². The molecule has 0 N–H and O–H groups in total. The molecular weight excluding hydrogens is 375 g/mol. The smallest absolute Gasteiger partial charge is 0.340 e. The minimum absolute atomic E-state index is 0.0217. The molecule has 0 saturated heterocycles. The zero-order valence-corrected chi connectivity index (χ0v) is 16.4. The molecule has 0 aliphatic carbocycles. The zero-order chi connectivity index (χ0) is 21.1. The van der Waals surface area contributed by atoms with Gasteiger partial charge in [0, 0.05) is 35.6 Å². The van der Waals surface area contributed by atoms with Gasteiger partial charge in [-0.05, 0) is 56.2 Å². The second-order valence-corrected chi connectivity index (χ2v) is 6.66. The monoisotopic (exact) mass is 396 g/mol. The van der Waals surface area contributed by atoms with Crippen LogP contribution in [-0.2, 0) is 11.3 Å². The van der Waals surface area contributed by atoms with E-state index in [0.717, 1.165) is 17.0 Å². The Balaban J connectivity index is 2.13. The summed E-state index contributed by atoms with van der Waals surface area (Å²) in [5, 5.41) is 11.0. The van der Waals surface area contributed by atoms with Crippen LogP contribution < -0.4 is 0 Å². The van der Waals surface area contributed by atoms with Crippen molar-refractivity contribution in [2.45, 2.75) is 27.3 Å². The number of carbonyl (C=O) groups is 1. The Morgan fingerprint density at radius 3 is 2.24 bits per heavy atom. The molecule has 7 heteroatoms. The van der Waals surface area contributed by atoms with Crippen LogP contribution in [0.25, 0.3) is 11.1 Å². The summed E-state index contributed by atoms with van der Waals surface area (Å²) in [6.07, 6.45) is 0. The molecule has 0 aliphatic rings. The number of rotatable bonds is 6. The molecule has 3 aromatic rings. The molecule has 3 rings (SSSR count). The fourth-order valence-electron chi connectivity index (χ4n) is 3.45. The van der Waals surface area contributed by atoms with Crippen molar-refractivity contribution in [3.8, 4) is 11.1 Å². The number of non-ortho nitro benzene ring substituents is 1. The van der Waals surface area contributed by atoms with E-state index < -0.39 is 10.9 Å². The topological polar surface area (TPSA) is 74.4 Å². The van der Waals surface area contributed by atoms with Gasteiger partial charge in [-0.1, -0.05) is 12.1 Å². The number of nitrogens with zero attached hydrogens (tertiary/aromatic N) is 2. The first-order chi connectivity index (χ1) is 13.8. The number of esters is 1. The van der Waals surface area contributed by atoms with Crippen LogP contribution in [-0.4, -0.2) is 22.1 Å². The number of nitro benzene ring substituents is 1. The highest BCUT2D eigenvalue weighted by Gasteiger charge is 2.25. The third kappa shape index (κ3) is 4.03. The van der Waals surface area contributed by atoms with E-state index >= 15 is 0 Å². The van der Waals surface area contributed by atoms with Crippen LogP contribution in [0.5, 0.6) is 0 Å². The van der Waals surface area contributed by atoms with Crippen LogP contribution in [0.1, 0.15) is 34.2 Å². The molecule has 2 aromatic carbocycles. The number of hydrogen-bond acceptors (Lipinski definition) is 4. The number of carbonyl (C=O) groups excluding carboxylic acids is 1. The maximum absolute atomic E-state index is 13.2. The Morgan fingerprint density at radius 2 is 1.69 bits per heavy atom. The fourth-order valence-corrected chi connectivity index (χ4v) is 3.45. The average molecular weight is 396 g/mol. The molecule has 29 heavy (non-hydrogen) atoms. The number of halogens is 1. The number of benzene rings is 2. The number of hydrogen-bond donors (Lipinski definition) is 0. The summed E-state index contributed by atoms with van der Waals surface area (Å²) in [5.74, 6) is -0.757. The predicted octanol–water partition coefficient (Wildman–Crippen LogP) is 5.04. The minimum atomic E-state index is -0.464. The van der Waals surface area contributed by atoms with Gasteiger partial charge < -0.3 is 9.30 Å². The molecule has 6 nitrogen and oxygen atoms in total. The van der Waals surface area contributed by atoms with Crippen LogP contribution in [0.15, 0.2) is 48.5 Å². The Hall–Kier alpha value is -3.48.